The maximum absolute atomic E-state index is 13.2. The van der Waals surface area contributed by atoms with Crippen LogP contribution in [0.5, 0.6) is 11.5 Å². The first-order valence-corrected chi connectivity index (χ1v) is 19.8. The van der Waals surface area contributed by atoms with Crippen LogP contribution < -0.4 is 9.47 Å². The number of nitrogens with zero attached hydrogens (tertiary/aromatic N) is 5. The number of carbonyl (C=O) groups excluding carboxylic acids is 2. The number of esters is 2. The van der Waals surface area contributed by atoms with Crippen molar-refractivity contribution in [3.63, 3.8) is 0 Å². The van der Waals surface area contributed by atoms with Gasteiger partial charge in [-0.1, -0.05) is 95.5 Å². The maximum atomic E-state index is 13.2. The Kier molecular flexibility index (Phi) is 16.3. The van der Waals surface area contributed by atoms with E-state index in [2.05, 4.69) is 58.6 Å². The number of nitro groups is 1. The van der Waals surface area contributed by atoms with Crippen LogP contribution in [0.3, 0.4) is 0 Å². The number of azo groups is 2. The van der Waals surface area contributed by atoms with E-state index in [9.17, 15) is 19.7 Å². The van der Waals surface area contributed by atoms with Crippen LogP contribution in [0, 0.1) is 10.1 Å². The molecule has 11 heteroatoms. The highest BCUT2D eigenvalue weighted by atomic mass is 16.6. The van der Waals surface area contributed by atoms with Gasteiger partial charge in [0.1, 0.15) is 22.6 Å². The summed E-state index contributed by atoms with van der Waals surface area (Å²) in [5, 5.41) is 29.3. The van der Waals surface area contributed by atoms with E-state index in [0.717, 1.165) is 12.8 Å². The third-order valence-corrected chi connectivity index (χ3v) is 9.33. The van der Waals surface area contributed by atoms with Crippen molar-refractivity contribution in [1.29, 1.82) is 0 Å². The Morgan fingerprint density at radius 2 is 0.825 bits per heavy atom. The van der Waals surface area contributed by atoms with Gasteiger partial charge >= 0.3 is 11.9 Å². The van der Waals surface area contributed by atoms with Gasteiger partial charge in [0.05, 0.1) is 27.7 Å². The fraction of sp³-hybridized carbons (Fsp3) is 0.304. The molecule has 0 saturated carbocycles. The summed E-state index contributed by atoms with van der Waals surface area (Å²) in [7, 11) is 0. The van der Waals surface area contributed by atoms with Crippen LogP contribution in [0.1, 0.15) is 110 Å². The zero-order valence-electron chi connectivity index (χ0n) is 32.6. The second-order valence-electron chi connectivity index (χ2n) is 13.8. The molecule has 0 aliphatic heterocycles. The van der Waals surface area contributed by atoms with Gasteiger partial charge in [0.15, 0.2) is 0 Å². The predicted octanol–water partition coefficient (Wildman–Crippen LogP) is 13.9. The molecule has 11 nitrogen and oxygen atoms in total. The van der Waals surface area contributed by atoms with Crippen molar-refractivity contribution < 1.29 is 24.0 Å². The second kappa shape index (κ2) is 22.3. The van der Waals surface area contributed by atoms with Gasteiger partial charge < -0.3 is 9.47 Å². The first-order chi connectivity index (χ1) is 27.8. The van der Waals surface area contributed by atoms with E-state index in [-0.39, 0.29) is 11.5 Å². The van der Waals surface area contributed by atoms with Crippen molar-refractivity contribution in [2.24, 2.45) is 20.5 Å². The maximum Gasteiger partial charge on any atom is 0.350 e. The van der Waals surface area contributed by atoms with Gasteiger partial charge in [-0.15, -0.1) is 0 Å². The molecule has 0 heterocycles. The lowest BCUT2D eigenvalue weighted by molar-refractivity contribution is -0.385. The Hall–Kier alpha value is -6.36. The lowest BCUT2D eigenvalue weighted by atomic mass is 10.1. The highest BCUT2D eigenvalue weighted by Gasteiger charge is 2.30. The largest absolute Gasteiger partial charge is 0.423 e. The van der Waals surface area contributed by atoms with Crippen LogP contribution in [-0.2, 0) is 12.8 Å². The molecule has 0 unspecified atom stereocenters. The fourth-order valence-electron chi connectivity index (χ4n) is 6.11. The van der Waals surface area contributed by atoms with Crippen LogP contribution in [0.2, 0.25) is 0 Å². The molecule has 0 aliphatic carbocycles. The number of rotatable bonds is 21. The Balaban J connectivity index is 1.14. The average Bonchev–Trinajstić information content (AvgIpc) is 3.23. The Morgan fingerprint density at radius 1 is 0.491 bits per heavy atom. The SMILES string of the molecule is CCCCCCCc1ccc(N=Nc2ccc(OC(=O)c3cccc(C(=O)Oc4ccc(N=Nc5ccc(CCCCCCC)cc5)cc4)c3[N+](=O)[O-])cc2)cc1. The van der Waals surface area contributed by atoms with Crippen molar-refractivity contribution in [3.8, 4) is 11.5 Å². The first kappa shape index (κ1) is 41.8. The predicted molar refractivity (Wildman–Crippen MR) is 222 cm³/mol. The second-order valence-corrected chi connectivity index (χ2v) is 13.8. The molecule has 0 N–H and O–H groups in total. The lowest BCUT2D eigenvalue weighted by Crippen LogP contribution is -2.16. The van der Waals surface area contributed by atoms with E-state index in [4.69, 9.17) is 9.47 Å². The molecule has 0 spiro atoms. The molecule has 0 aromatic heterocycles. The summed E-state index contributed by atoms with van der Waals surface area (Å²) in [5.74, 6) is -1.76. The molecular weight excluding hydrogens is 719 g/mol. The molecule has 57 heavy (non-hydrogen) atoms. The molecule has 5 rings (SSSR count). The summed E-state index contributed by atoms with van der Waals surface area (Å²) in [5.41, 5.74) is 3.47. The van der Waals surface area contributed by atoms with Crippen molar-refractivity contribution in [2.75, 3.05) is 0 Å². The Labute approximate surface area is 334 Å². The molecule has 294 valence electrons. The van der Waals surface area contributed by atoms with E-state index in [1.54, 1.807) is 24.3 Å². The number of hydrogen-bond donors (Lipinski definition) is 0. The molecule has 0 radical (unpaired) electrons. The summed E-state index contributed by atoms with van der Waals surface area (Å²) in [6.45, 7) is 4.42. The van der Waals surface area contributed by atoms with Gasteiger partial charge in [0.25, 0.3) is 5.69 Å². The summed E-state index contributed by atoms with van der Waals surface area (Å²) >= 11 is 0. The number of carbonyl (C=O) groups is 2. The number of benzene rings is 5. The van der Waals surface area contributed by atoms with Gasteiger partial charge in [-0.2, -0.15) is 20.5 Å². The molecule has 0 saturated heterocycles. The third kappa shape index (κ3) is 13.4. The molecule has 0 bridgehead atoms. The smallest absolute Gasteiger partial charge is 0.350 e. The lowest BCUT2D eigenvalue weighted by Gasteiger charge is -2.09. The van der Waals surface area contributed by atoms with Crippen molar-refractivity contribution in [3.05, 3.63) is 148 Å². The molecule has 0 aliphatic rings. The topological polar surface area (TPSA) is 145 Å². The number of nitro benzene ring substituents is 1. The number of hydrogen-bond acceptors (Lipinski definition) is 10. The summed E-state index contributed by atoms with van der Waals surface area (Å²) in [6.07, 6.45) is 14.5. The quantitative estimate of drug-likeness (QED) is 0.0181. The van der Waals surface area contributed by atoms with Crippen LogP contribution in [0.4, 0.5) is 28.4 Å². The van der Waals surface area contributed by atoms with E-state index < -0.39 is 33.7 Å². The van der Waals surface area contributed by atoms with Gasteiger partial charge in [0, 0.05) is 0 Å². The fourth-order valence-corrected chi connectivity index (χ4v) is 6.11. The van der Waals surface area contributed by atoms with Crippen LogP contribution in [-0.4, -0.2) is 16.9 Å². The minimum Gasteiger partial charge on any atom is -0.423 e. The van der Waals surface area contributed by atoms with Gasteiger partial charge in [-0.3, -0.25) is 10.1 Å². The molecule has 5 aromatic rings. The Morgan fingerprint density at radius 3 is 1.16 bits per heavy atom. The van der Waals surface area contributed by atoms with Crippen LogP contribution in [0.25, 0.3) is 0 Å². The molecule has 0 fully saturated rings. The summed E-state index contributed by atoms with van der Waals surface area (Å²) in [6, 6.07) is 32.2. The number of aryl methyl sites for hydroxylation is 2. The zero-order valence-corrected chi connectivity index (χ0v) is 32.6. The van der Waals surface area contributed by atoms with Crippen molar-refractivity contribution in [2.45, 2.75) is 90.9 Å². The van der Waals surface area contributed by atoms with E-state index >= 15 is 0 Å². The molecule has 0 amide bonds. The number of unbranched alkanes of at least 4 members (excludes halogenated alkanes) is 8. The first-order valence-electron chi connectivity index (χ1n) is 19.8. The van der Waals surface area contributed by atoms with Crippen molar-refractivity contribution in [1.82, 2.24) is 0 Å². The van der Waals surface area contributed by atoms with Gasteiger partial charge in [-0.25, -0.2) is 9.59 Å². The van der Waals surface area contributed by atoms with E-state index in [1.807, 2.05) is 24.3 Å². The normalized spacial score (nSPS) is 11.3. The summed E-state index contributed by atoms with van der Waals surface area (Å²) in [4.78, 5) is 37.7. The van der Waals surface area contributed by atoms with Gasteiger partial charge in [0.2, 0.25) is 0 Å². The third-order valence-electron chi connectivity index (χ3n) is 9.33. The van der Waals surface area contributed by atoms with E-state index in [0.29, 0.717) is 22.7 Å². The highest BCUT2D eigenvalue weighted by Crippen LogP contribution is 2.29. The molecular formula is C46H49N5O6. The zero-order chi connectivity index (χ0) is 40.2. The highest BCUT2D eigenvalue weighted by molar-refractivity contribution is 6.03. The van der Waals surface area contributed by atoms with Crippen LogP contribution in [0.15, 0.2) is 136 Å². The Bertz CT molecular complexity index is 1970. The molecule has 0 atom stereocenters. The van der Waals surface area contributed by atoms with E-state index in [1.165, 1.54) is 118 Å². The van der Waals surface area contributed by atoms with Gasteiger partial charge in [-0.05, 0) is 122 Å². The summed E-state index contributed by atoms with van der Waals surface area (Å²) < 4.78 is 10.9. The standard InChI is InChI=1S/C46H49N5O6/c1-3-5-7-9-11-14-34-18-22-36(23-19-34)47-49-38-26-30-40(31-27-38)56-45(52)42-16-13-17-43(44(42)51(54)55)46(53)57-41-32-28-39(29-33-41)50-48-37-24-20-35(21-25-37)15-12-10-8-6-4-2/h13,16-33H,3-12,14-15H2,1-2H3. The average molecular weight is 768 g/mol. The number of ether oxygens (including phenoxy) is 2. The molecule has 5 aromatic carbocycles. The van der Waals surface area contributed by atoms with Crippen molar-refractivity contribution >= 4 is 40.4 Å². The minimum atomic E-state index is -1.01. The minimum absolute atomic E-state index is 0.131. The number of para-hydroxylation sites is 1. The monoisotopic (exact) mass is 767 g/mol. The van der Waals surface area contributed by atoms with Crippen LogP contribution >= 0.6 is 0 Å².